The summed E-state index contributed by atoms with van der Waals surface area (Å²) < 4.78 is 8.15. The second kappa shape index (κ2) is 6.33. The number of anilines is 2. The van der Waals surface area contributed by atoms with Crippen molar-refractivity contribution in [3.8, 4) is 6.07 Å². The van der Waals surface area contributed by atoms with Gasteiger partial charge in [0.05, 0.1) is 11.6 Å². The van der Waals surface area contributed by atoms with Crippen molar-refractivity contribution in [3.63, 3.8) is 0 Å². The number of hydrogen-bond donors (Lipinski definition) is 1. The van der Waals surface area contributed by atoms with Gasteiger partial charge in [-0.15, -0.1) is 0 Å². The van der Waals surface area contributed by atoms with Gasteiger partial charge in [0.25, 0.3) is 5.91 Å². The Labute approximate surface area is 126 Å². The predicted molar refractivity (Wildman–Crippen MR) is 81.4 cm³/mol. The average molecular weight is 302 g/mol. The maximum atomic E-state index is 11.8. The molecule has 0 spiro atoms. The van der Waals surface area contributed by atoms with Gasteiger partial charge in [-0.25, -0.2) is 0 Å². The average Bonchev–Trinajstić information content (AvgIpc) is 2.89. The SMILES string of the molecule is CSNC(=O)c1nc(N(C)c2ccc(C#N)cc2)oc1C. The van der Waals surface area contributed by atoms with Crippen LogP contribution in [0.15, 0.2) is 28.7 Å². The third kappa shape index (κ3) is 3.17. The monoisotopic (exact) mass is 302 g/mol. The summed E-state index contributed by atoms with van der Waals surface area (Å²) in [4.78, 5) is 17.7. The summed E-state index contributed by atoms with van der Waals surface area (Å²) >= 11 is 1.21. The Kier molecular flexibility index (Phi) is 4.50. The molecule has 0 aliphatic heterocycles. The van der Waals surface area contributed by atoms with Crippen molar-refractivity contribution in [3.05, 3.63) is 41.3 Å². The molecule has 6 nitrogen and oxygen atoms in total. The molecule has 0 aliphatic carbocycles. The number of nitrogens with one attached hydrogen (secondary N) is 1. The first kappa shape index (κ1) is 14.9. The molecule has 1 N–H and O–H groups in total. The molecule has 108 valence electrons. The lowest BCUT2D eigenvalue weighted by Crippen LogP contribution is -2.17. The highest BCUT2D eigenvalue weighted by Crippen LogP contribution is 2.25. The van der Waals surface area contributed by atoms with Gasteiger partial charge >= 0.3 is 6.01 Å². The van der Waals surface area contributed by atoms with Crippen LogP contribution in [0.25, 0.3) is 0 Å². The molecule has 0 bridgehead atoms. The van der Waals surface area contributed by atoms with Crippen molar-refractivity contribution >= 4 is 29.6 Å². The lowest BCUT2D eigenvalue weighted by Gasteiger charge is -2.14. The number of carbonyl (C=O) groups excluding carboxylic acids is 1. The Balaban J connectivity index is 2.27. The van der Waals surface area contributed by atoms with Crippen LogP contribution in [0.1, 0.15) is 21.8 Å². The number of carbonyl (C=O) groups is 1. The van der Waals surface area contributed by atoms with Gasteiger partial charge in [-0.1, -0.05) is 11.9 Å². The largest absolute Gasteiger partial charge is 0.428 e. The Bertz CT molecular complexity index is 688. The van der Waals surface area contributed by atoms with E-state index in [1.807, 2.05) is 0 Å². The van der Waals surface area contributed by atoms with E-state index in [-0.39, 0.29) is 11.6 Å². The van der Waals surface area contributed by atoms with E-state index >= 15 is 0 Å². The van der Waals surface area contributed by atoms with Gasteiger partial charge in [-0.05, 0) is 31.2 Å². The molecule has 1 aromatic heterocycles. The minimum absolute atomic E-state index is 0.264. The van der Waals surface area contributed by atoms with E-state index in [1.165, 1.54) is 11.9 Å². The quantitative estimate of drug-likeness (QED) is 0.874. The first-order valence-corrected chi connectivity index (χ1v) is 7.34. The van der Waals surface area contributed by atoms with E-state index in [1.54, 1.807) is 49.4 Å². The number of benzene rings is 1. The van der Waals surface area contributed by atoms with Crippen LogP contribution < -0.4 is 9.62 Å². The van der Waals surface area contributed by atoms with Crippen LogP contribution in [0.4, 0.5) is 11.7 Å². The number of nitrogens with zero attached hydrogens (tertiary/aromatic N) is 3. The molecule has 0 fully saturated rings. The highest BCUT2D eigenvalue weighted by Gasteiger charge is 2.19. The number of oxazole rings is 1. The standard InChI is InChI=1S/C14H14N4O2S/c1-9-12(13(19)17-21-3)16-14(20-9)18(2)11-6-4-10(8-15)5-7-11/h4-7H,1-3H3,(H,17,19). The molecule has 21 heavy (non-hydrogen) atoms. The second-order valence-electron chi connectivity index (χ2n) is 4.25. The summed E-state index contributed by atoms with van der Waals surface area (Å²) in [5.41, 5.74) is 1.66. The van der Waals surface area contributed by atoms with Crippen LogP contribution in [0.5, 0.6) is 0 Å². The van der Waals surface area contributed by atoms with Gasteiger partial charge in [-0.2, -0.15) is 10.2 Å². The van der Waals surface area contributed by atoms with Crippen molar-refractivity contribution in [2.75, 3.05) is 18.2 Å². The molecule has 7 heteroatoms. The van der Waals surface area contributed by atoms with Crippen molar-refractivity contribution in [1.82, 2.24) is 9.71 Å². The van der Waals surface area contributed by atoms with E-state index in [2.05, 4.69) is 15.8 Å². The topological polar surface area (TPSA) is 82.2 Å². The summed E-state index contributed by atoms with van der Waals surface area (Å²) in [6.07, 6.45) is 1.76. The lowest BCUT2D eigenvalue weighted by molar-refractivity contribution is 0.0979. The molecule has 2 aromatic rings. The molecule has 1 amide bonds. The number of nitriles is 1. The fraction of sp³-hybridized carbons (Fsp3) is 0.214. The maximum absolute atomic E-state index is 11.8. The molecule has 0 saturated carbocycles. The fourth-order valence-electron chi connectivity index (χ4n) is 1.75. The van der Waals surface area contributed by atoms with Gasteiger partial charge in [0.1, 0.15) is 5.76 Å². The summed E-state index contributed by atoms with van der Waals surface area (Å²) in [5, 5.41) is 8.79. The zero-order valence-corrected chi connectivity index (χ0v) is 12.7. The van der Waals surface area contributed by atoms with E-state index < -0.39 is 0 Å². The van der Waals surface area contributed by atoms with Gasteiger partial charge in [0.15, 0.2) is 5.69 Å². The van der Waals surface area contributed by atoms with Crippen LogP contribution in [0.2, 0.25) is 0 Å². The van der Waals surface area contributed by atoms with Crippen LogP contribution >= 0.6 is 11.9 Å². The summed E-state index contributed by atoms with van der Waals surface area (Å²) in [7, 11) is 1.78. The molecule has 1 aromatic carbocycles. The smallest absolute Gasteiger partial charge is 0.302 e. The normalized spacial score (nSPS) is 10.0. The molecule has 0 radical (unpaired) electrons. The first-order chi connectivity index (χ1) is 10.1. The molecule has 0 unspecified atom stereocenters. The number of rotatable bonds is 4. The third-order valence-electron chi connectivity index (χ3n) is 2.87. The van der Waals surface area contributed by atoms with Crippen LogP contribution in [0, 0.1) is 18.3 Å². The van der Waals surface area contributed by atoms with Gasteiger partial charge in [-0.3, -0.25) is 14.4 Å². The van der Waals surface area contributed by atoms with Gasteiger partial charge in [0, 0.05) is 19.0 Å². The lowest BCUT2D eigenvalue weighted by atomic mass is 10.2. The molecule has 0 saturated heterocycles. The van der Waals surface area contributed by atoms with E-state index in [4.69, 9.17) is 9.68 Å². The number of amides is 1. The predicted octanol–water partition coefficient (Wildman–Crippen LogP) is 2.63. The van der Waals surface area contributed by atoms with Crippen molar-refractivity contribution in [2.24, 2.45) is 0 Å². The van der Waals surface area contributed by atoms with E-state index in [0.717, 1.165) is 5.69 Å². The van der Waals surface area contributed by atoms with Crippen molar-refractivity contribution in [2.45, 2.75) is 6.92 Å². The van der Waals surface area contributed by atoms with Crippen molar-refractivity contribution in [1.29, 1.82) is 5.26 Å². The zero-order valence-electron chi connectivity index (χ0n) is 11.9. The Morgan fingerprint density at radius 3 is 2.67 bits per heavy atom. The Morgan fingerprint density at radius 2 is 2.10 bits per heavy atom. The highest BCUT2D eigenvalue weighted by atomic mass is 32.2. The Morgan fingerprint density at radius 1 is 1.43 bits per heavy atom. The van der Waals surface area contributed by atoms with Gasteiger partial charge < -0.3 is 4.42 Å². The maximum Gasteiger partial charge on any atom is 0.302 e. The minimum atomic E-state index is -0.289. The minimum Gasteiger partial charge on any atom is -0.428 e. The number of aromatic nitrogens is 1. The van der Waals surface area contributed by atoms with Crippen LogP contribution in [-0.2, 0) is 0 Å². The zero-order chi connectivity index (χ0) is 15.4. The van der Waals surface area contributed by atoms with E-state index in [9.17, 15) is 4.79 Å². The summed E-state index contributed by atoms with van der Waals surface area (Å²) in [6.45, 7) is 1.69. The number of aryl methyl sites for hydroxylation is 1. The first-order valence-electron chi connectivity index (χ1n) is 6.11. The highest BCUT2D eigenvalue weighted by molar-refractivity contribution is 7.97. The van der Waals surface area contributed by atoms with E-state index in [0.29, 0.717) is 17.3 Å². The molecule has 1 heterocycles. The molecular formula is C14H14N4O2S. The number of hydrogen-bond acceptors (Lipinski definition) is 6. The molecule has 0 atom stereocenters. The molecular weight excluding hydrogens is 288 g/mol. The van der Waals surface area contributed by atoms with Crippen molar-refractivity contribution < 1.29 is 9.21 Å². The van der Waals surface area contributed by atoms with Crippen LogP contribution in [0.3, 0.4) is 0 Å². The van der Waals surface area contributed by atoms with Gasteiger partial charge in [0.2, 0.25) is 0 Å². The second-order valence-corrected chi connectivity index (χ2v) is 4.87. The molecule has 0 aliphatic rings. The third-order valence-corrected chi connectivity index (χ3v) is 3.26. The summed E-state index contributed by atoms with van der Waals surface area (Å²) in [5.74, 6) is 0.167. The Hall–Kier alpha value is -2.46. The summed E-state index contributed by atoms with van der Waals surface area (Å²) in [6, 6.07) is 9.39. The fourth-order valence-corrected chi connectivity index (χ4v) is 2.03. The van der Waals surface area contributed by atoms with Crippen LogP contribution in [-0.4, -0.2) is 24.2 Å². The molecule has 2 rings (SSSR count).